The van der Waals surface area contributed by atoms with E-state index in [0.29, 0.717) is 13.2 Å². The number of ether oxygens (including phenoxy) is 1. The highest BCUT2D eigenvalue weighted by atomic mass is 16.5. The van der Waals surface area contributed by atoms with Gasteiger partial charge in [-0.2, -0.15) is 0 Å². The van der Waals surface area contributed by atoms with E-state index in [9.17, 15) is 4.79 Å². The molecule has 1 aromatic rings. The van der Waals surface area contributed by atoms with E-state index >= 15 is 0 Å². The molecule has 0 aromatic heterocycles. The van der Waals surface area contributed by atoms with Crippen molar-refractivity contribution >= 4 is 5.97 Å². The summed E-state index contributed by atoms with van der Waals surface area (Å²) in [5.74, 6) is -0.755. The molecule has 1 atom stereocenters. The number of carboxylic acids is 1. The van der Waals surface area contributed by atoms with Crippen LogP contribution in [0.25, 0.3) is 0 Å². The van der Waals surface area contributed by atoms with E-state index < -0.39 is 5.97 Å². The Morgan fingerprint density at radius 3 is 2.58 bits per heavy atom. The molecule has 1 aliphatic heterocycles. The van der Waals surface area contributed by atoms with Crippen LogP contribution in [0.3, 0.4) is 0 Å². The second-order valence-electron chi connectivity index (χ2n) is 5.11. The number of carbonyl (C=O) groups is 1. The molecule has 19 heavy (non-hydrogen) atoms. The fourth-order valence-corrected chi connectivity index (χ4v) is 2.48. The van der Waals surface area contributed by atoms with Crippen molar-refractivity contribution in [2.75, 3.05) is 26.3 Å². The maximum atomic E-state index is 11.1. The number of aliphatic carboxylic acids is 1. The minimum atomic E-state index is -0.755. The van der Waals surface area contributed by atoms with Crippen molar-refractivity contribution in [3.05, 3.63) is 34.9 Å². The lowest BCUT2D eigenvalue weighted by molar-refractivity contribution is -0.139. The molecule has 4 nitrogen and oxygen atoms in total. The van der Waals surface area contributed by atoms with Crippen molar-refractivity contribution in [2.24, 2.45) is 0 Å². The number of rotatable bonds is 4. The first-order chi connectivity index (χ1) is 9.08. The quantitative estimate of drug-likeness (QED) is 0.904. The van der Waals surface area contributed by atoms with Gasteiger partial charge in [0.05, 0.1) is 19.6 Å². The van der Waals surface area contributed by atoms with Gasteiger partial charge in [-0.15, -0.1) is 0 Å². The van der Waals surface area contributed by atoms with Crippen LogP contribution in [0.4, 0.5) is 0 Å². The first-order valence-electron chi connectivity index (χ1n) is 6.68. The summed E-state index contributed by atoms with van der Waals surface area (Å²) < 4.78 is 5.34. The first kappa shape index (κ1) is 14.0. The summed E-state index contributed by atoms with van der Waals surface area (Å²) >= 11 is 0. The average molecular weight is 263 g/mol. The van der Waals surface area contributed by atoms with Gasteiger partial charge in [0.15, 0.2) is 0 Å². The molecule has 0 bridgehead atoms. The summed E-state index contributed by atoms with van der Waals surface area (Å²) in [5, 5.41) is 9.14. The number of hydrogen-bond acceptors (Lipinski definition) is 3. The molecule has 4 heteroatoms. The van der Waals surface area contributed by atoms with E-state index in [1.165, 1.54) is 11.1 Å². The largest absolute Gasteiger partial charge is 0.481 e. The van der Waals surface area contributed by atoms with Crippen molar-refractivity contribution < 1.29 is 14.6 Å². The molecule has 0 spiro atoms. The molecule has 1 saturated heterocycles. The van der Waals surface area contributed by atoms with Gasteiger partial charge >= 0.3 is 5.97 Å². The fourth-order valence-electron chi connectivity index (χ4n) is 2.48. The Bertz CT molecular complexity index is 453. The number of nitrogens with zero attached hydrogens (tertiary/aromatic N) is 1. The summed E-state index contributed by atoms with van der Waals surface area (Å²) in [6.07, 6.45) is 0.141. The third-order valence-corrected chi connectivity index (χ3v) is 3.77. The van der Waals surface area contributed by atoms with Gasteiger partial charge in [-0.25, -0.2) is 0 Å². The molecule has 2 rings (SSSR count). The van der Waals surface area contributed by atoms with Crippen LogP contribution in [0, 0.1) is 13.8 Å². The molecule has 1 unspecified atom stereocenters. The van der Waals surface area contributed by atoms with Crippen LogP contribution in [0.15, 0.2) is 18.2 Å². The van der Waals surface area contributed by atoms with Gasteiger partial charge in [-0.05, 0) is 30.5 Å². The molecule has 104 valence electrons. The molecule has 0 radical (unpaired) electrons. The summed E-state index contributed by atoms with van der Waals surface area (Å²) in [7, 11) is 0. The summed E-state index contributed by atoms with van der Waals surface area (Å²) in [6, 6.07) is 6.17. The normalized spacial score (nSPS) is 18.2. The third-order valence-electron chi connectivity index (χ3n) is 3.77. The molecular formula is C15H21NO3. The van der Waals surface area contributed by atoms with Gasteiger partial charge in [0.25, 0.3) is 0 Å². The van der Waals surface area contributed by atoms with Gasteiger partial charge in [0.2, 0.25) is 0 Å². The summed E-state index contributed by atoms with van der Waals surface area (Å²) in [6.45, 7) is 7.09. The van der Waals surface area contributed by atoms with Crippen LogP contribution in [-0.2, 0) is 9.53 Å². The molecule has 0 amide bonds. The molecular weight excluding hydrogens is 242 g/mol. The van der Waals surface area contributed by atoms with Crippen LogP contribution >= 0.6 is 0 Å². The molecule has 0 saturated carbocycles. The topological polar surface area (TPSA) is 49.8 Å². The van der Waals surface area contributed by atoms with Gasteiger partial charge < -0.3 is 9.84 Å². The Balaban J connectivity index is 2.24. The minimum Gasteiger partial charge on any atom is -0.481 e. The highest BCUT2D eigenvalue weighted by Crippen LogP contribution is 2.26. The Morgan fingerprint density at radius 2 is 2.00 bits per heavy atom. The lowest BCUT2D eigenvalue weighted by Gasteiger charge is -2.34. The molecule has 1 heterocycles. The number of aryl methyl sites for hydroxylation is 2. The monoisotopic (exact) mass is 263 g/mol. The highest BCUT2D eigenvalue weighted by Gasteiger charge is 2.25. The third kappa shape index (κ3) is 3.55. The standard InChI is InChI=1S/C15H21NO3/c1-11-3-4-13(9-12(11)2)14(10-15(17)18)16-5-7-19-8-6-16/h3-4,9,14H,5-8,10H2,1-2H3,(H,17,18). The summed E-state index contributed by atoms with van der Waals surface area (Å²) in [5.41, 5.74) is 3.54. The fraction of sp³-hybridized carbons (Fsp3) is 0.533. The van der Waals surface area contributed by atoms with Crippen LogP contribution in [0.5, 0.6) is 0 Å². The van der Waals surface area contributed by atoms with E-state index in [4.69, 9.17) is 9.84 Å². The highest BCUT2D eigenvalue weighted by molar-refractivity contribution is 5.68. The van der Waals surface area contributed by atoms with Gasteiger partial charge in [0, 0.05) is 19.1 Å². The molecule has 1 aromatic carbocycles. The molecule has 1 N–H and O–H groups in total. The van der Waals surface area contributed by atoms with Crippen molar-refractivity contribution in [3.8, 4) is 0 Å². The zero-order chi connectivity index (χ0) is 13.8. The van der Waals surface area contributed by atoms with E-state index in [2.05, 4.69) is 30.9 Å². The van der Waals surface area contributed by atoms with Gasteiger partial charge in [-0.3, -0.25) is 9.69 Å². The number of hydrogen-bond donors (Lipinski definition) is 1. The zero-order valence-corrected chi connectivity index (χ0v) is 11.6. The first-order valence-corrected chi connectivity index (χ1v) is 6.68. The second kappa shape index (κ2) is 6.17. The minimum absolute atomic E-state index is 0.0549. The molecule has 0 aliphatic carbocycles. The van der Waals surface area contributed by atoms with Crippen LogP contribution in [-0.4, -0.2) is 42.3 Å². The van der Waals surface area contributed by atoms with Gasteiger partial charge in [-0.1, -0.05) is 18.2 Å². The van der Waals surface area contributed by atoms with Crippen molar-refractivity contribution in [1.82, 2.24) is 4.90 Å². The number of morpholine rings is 1. The lowest BCUT2D eigenvalue weighted by Crippen LogP contribution is -2.39. The van der Waals surface area contributed by atoms with Crippen molar-refractivity contribution in [1.29, 1.82) is 0 Å². The Kier molecular flexibility index (Phi) is 4.56. The van der Waals surface area contributed by atoms with E-state index in [1.54, 1.807) is 0 Å². The van der Waals surface area contributed by atoms with Crippen LogP contribution < -0.4 is 0 Å². The maximum absolute atomic E-state index is 11.1. The lowest BCUT2D eigenvalue weighted by atomic mass is 9.97. The Hall–Kier alpha value is -1.39. The predicted octanol–water partition coefficient (Wildman–Crippen LogP) is 2.15. The zero-order valence-electron chi connectivity index (χ0n) is 11.6. The van der Waals surface area contributed by atoms with E-state index in [1.807, 2.05) is 6.07 Å². The van der Waals surface area contributed by atoms with Gasteiger partial charge in [0.1, 0.15) is 0 Å². The van der Waals surface area contributed by atoms with Crippen molar-refractivity contribution in [3.63, 3.8) is 0 Å². The predicted molar refractivity (Wildman–Crippen MR) is 73.3 cm³/mol. The smallest absolute Gasteiger partial charge is 0.305 e. The summed E-state index contributed by atoms with van der Waals surface area (Å²) in [4.78, 5) is 13.3. The van der Waals surface area contributed by atoms with E-state index in [-0.39, 0.29) is 12.5 Å². The average Bonchev–Trinajstić information content (AvgIpc) is 2.40. The Labute approximate surface area is 114 Å². The van der Waals surface area contributed by atoms with Crippen LogP contribution in [0.1, 0.15) is 29.2 Å². The van der Waals surface area contributed by atoms with Crippen molar-refractivity contribution in [2.45, 2.75) is 26.3 Å². The Morgan fingerprint density at radius 1 is 1.32 bits per heavy atom. The molecule has 1 fully saturated rings. The second-order valence-corrected chi connectivity index (χ2v) is 5.11. The molecule has 1 aliphatic rings. The van der Waals surface area contributed by atoms with Crippen LogP contribution in [0.2, 0.25) is 0 Å². The SMILES string of the molecule is Cc1ccc(C(CC(=O)O)N2CCOCC2)cc1C. The maximum Gasteiger partial charge on any atom is 0.305 e. The number of carboxylic acid groups (broad SMARTS) is 1. The van der Waals surface area contributed by atoms with E-state index in [0.717, 1.165) is 18.7 Å². The number of benzene rings is 1.